The molecule has 3 heteroatoms. The average Bonchev–Trinajstić information content (AvgIpc) is 2.98. The second-order valence-corrected chi connectivity index (χ2v) is 5.11. The molecule has 2 amide bonds. The highest BCUT2D eigenvalue weighted by molar-refractivity contribution is 5.74. The standard InChI is InChI=1S/C12H22N2O/c1-9-5-3-2-4-6-11(9)14-12(15)13-10-7-8-10/h9-11H,2-8H2,1H3,(H2,13,14,15). The summed E-state index contributed by atoms with van der Waals surface area (Å²) >= 11 is 0. The molecule has 2 unspecified atom stereocenters. The van der Waals surface area contributed by atoms with Gasteiger partial charge in [-0.15, -0.1) is 0 Å². The lowest BCUT2D eigenvalue weighted by Crippen LogP contribution is -2.45. The smallest absolute Gasteiger partial charge is 0.315 e. The molecule has 15 heavy (non-hydrogen) atoms. The third-order valence-electron chi connectivity index (χ3n) is 3.59. The minimum absolute atomic E-state index is 0.0521. The zero-order valence-corrected chi connectivity index (χ0v) is 9.59. The number of hydrogen-bond donors (Lipinski definition) is 2. The van der Waals surface area contributed by atoms with Crippen LogP contribution in [-0.2, 0) is 0 Å². The predicted molar refractivity (Wildman–Crippen MR) is 60.7 cm³/mol. The third kappa shape index (κ3) is 3.40. The first-order chi connectivity index (χ1) is 7.25. The van der Waals surface area contributed by atoms with Gasteiger partial charge in [-0.1, -0.05) is 26.2 Å². The second kappa shape index (κ2) is 4.86. The molecule has 0 aromatic rings. The fourth-order valence-corrected chi connectivity index (χ4v) is 2.33. The summed E-state index contributed by atoms with van der Waals surface area (Å²) in [6, 6.07) is 0.911. The molecule has 0 radical (unpaired) electrons. The SMILES string of the molecule is CC1CCCCCC1NC(=O)NC1CC1. The average molecular weight is 210 g/mol. The van der Waals surface area contributed by atoms with Gasteiger partial charge in [-0.05, 0) is 31.6 Å². The van der Waals surface area contributed by atoms with Crippen LogP contribution in [0.2, 0.25) is 0 Å². The van der Waals surface area contributed by atoms with E-state index in [1.807, 2.05) is 0 Å². The summed E-state index contributed by atoms with van der Waals surface area (Å²) in [6.07, 6.45) is 8.64. The lowest BCUT2D eigenvalue weighted by Gasteiger charge is -2.22. The fourth-order valence-electron chi connectivity index (χ4n) is 2.33. The van der Waals surface area contributed by atoms with Gasteiger partial charge < -0.3 is 10.6 Å². The normalized spacial score (nSPS) is 31.8. The summed E-state index contributed by atoms with van der Waals surface area (Å²) in [5.41, 5.74) is 0. The number of amides is 2. The molecule has 2 N–H and O–H groups in total. The maximum absolute atomic E-state index is 11.6. The monoisotopic (exact) mass is 210 g/mol. The molecule has 2 rings (SSSR count). The van der Waals surface area contributed by atoms with Crippen molar-refractivity contribution in [1.29, 1.82) is 0 Å². The Balaban J connectivity index is 1.76. The van der Waals surface area contributed by atoms with Gasteiger partial charge in [0.05, 0.1) is 0 Å². The summed E-state index contributed by atoms with van der Waals surface area (Å²) in [5, 5.41) is 6.12. The van der Waals surface area contributed by atoms with Gasteiger partial charge in [0.15, 0.2) is 0 Å². The van der Waals surface area contributed by atoms with E-state index in [9.17, 15) is 4.79 Å². The summed E-state index contributed by atoms with van der Waals surface area (Å²) in [7, 11) is 0. The van der Waals surface area contributed by atoms with Crippen LogP contribution in [0.15, 0.2) is 0 Å². The highest BCUT2D eigenvalue weighted by atomic mass is 16.2. The Hall–Kier alpha value is -0.730. The zero-order valence-electron chi connectivity index (χ0n) is 9.59. The summed E-state index contributed by atoms with van der Waals surface area (Å²) < 4.78 is 0. The Morgan fingerprint density at radius 2 is 1.73 bits per heavy atom. The highest BCUT2D eigenvalue weighted by Crippen LogP contribution is 2.23. The first kappa shape index (κ1) is 10.8. The maximum Gasteiger partial charge on any atom is 0.315 e. The minimum atomic E-state index is 0.0521. The Bertz CT molecular complexity index is 226. The highest BCUT2D eigenvalue weighted by Gasteiger charge is 2.26. The topological polar surface area (TPSA) is 41.1 Å². The van der Waals surface area contributed by atoms with E-state index in [0.29, 0.717) is 18.0 Å². The molecule has 0 aromatic heterocycles. The van der Waals surface area contributed by atoms with Crippen LogP contribution in [0.5, 0.6) is 0 Å². The van der Waals surface area contributed by atoms with Crippen molar-refractivity contribution in [3.8, 4) is 0 Å². The molecule has 0 aromatic carbocycles. The molecule has 0 spiro atoms. The molecule has 2 fully saturated rings. The number of nitrogens with one attached hydrogen (secondary N) is 2. The Morgan fingerprint density at radius 3 is 2.47 bits per heavy atom. The van der Waals surface area contributed by atoms with Crippen LogP contribution < -0.4 is 10.6 Å². The molecule has 2 saturated carbocycles. The number of carbonyl (C=O) groups excluding carboxylic acids is 1. The molecule has 0 bridgehead atoms. The third-order valence-corrected chi connectivity index (χ3v) is 3.59. The Morgan fingerprint density at radius 1 is 1.00 bits per heavy atom. The molecule has 2 aliphatic rings. The number of urea groups is 1. The first-order valence-corrected chi connectivity index (χ1v) is 6.33. The molecule has 3 nitrogen and oxygen atoms in total. The molecule has 86 valence electrons. The van der Waals surface area contributed by atoms with Gasteiger partial charge in [-0.25, -0.2) is 4.79 Å². The fraction of sp³-hybridized carbons (Fsp3) is 0.917. The van der Waals surface area contributed by atoms with Crippen LogP contribution in [0, 0.1) is 5.92 Å². The van der Waals surface area contributed by atoms with E-state index in [-0.39, 0.29) is 6.03 Å². The van der Waals surface area contributed by atoms with E-state index in [4.69, 9.17) is 0 Å². The van der Waals surface area contributed by atoms with Crippen molar-refractivity contribution >= 4 is 6.03 Å². The van der Waals surface area contributed by atoms with Gasteiger partial charge in [0.1, 0.15) is 0 Å². The molecular formula is C12H22N2O. The molecular weight excluding hydrogens is 188 g/mol. The van der Waals surface area contributed by atoms with Crippen LogP contribution >= 0.6 is 0 Å². The quantitative estimate of drug-likeness (QED) is 0.675. The first-order valence-electron chi connectivity index (χ1n) is 6.33. The largest absolute Gasteiger partial charge is 0.335 e. The van der Waals surface area contributed by atoms with Crippen molar-refractivity contribution in [3.63, 3.8) is 0 Å². The number of rotatable bonds is 2. The van der Waals surface area contributed by atoms with Crippen molar-refractivity contribution in [2.75, 3.05) is 0 Å². The van der Waals surface area contributed by atoms with Crippen LogP contribution in [0.1, 0.15) is 51.9 Å². The van der Waals surface area contributed by atoms with Gasteiger partial charge >= 0.3 is 6.03 Å². The van der Waals surface area contributed by atoms with E-state index in [1.165, 1.54) is 25.7 Å². The van der Waals surface area contributed by atoms with Gasteiger partial charge in [0.25, 0.3) is 0 Å². The van der Waals surface area contributed by atoms with Crippen molar-refractivity contribution in [1.82, 2.24) is 10.6 Å². The van der Waals surface area contributed by atoms with E-state index >= 15 is 0 Å². The van der Waals surface area contributed by atoms with Crippen LogP contribution in [0.3, 0.4) is 0 Å². The lowest BCUT2D eigenvalue weighted by atomic mass is 9.97. The zero-order chi connectivity index (χ0) is 10.7. The van der Waals surface area contributed by atoms with Crippen molar-refractivity contribution in [2.45, 2.75) is 64.0 Å². The van der Waals surface area contributed by atoms with Gasteiger partial charge in [0.2, 0.25) is 0 Å². The van der Waals surface area contributed by atoms with Gasteiger partial charge in [-0.3, -0.25) is 0 Å². The van der Waals surface area contributed by atoms with Crippen molar-refractivity contribution in [3.05, 3.63) is 0 Å². The van der Waals surface area contributed by atoms with E-state index < -0.39 is 0 Å². The maximum atomic E-state index is 11.6. The van der Waals surface area contributed by atoms with Crippen LogP contribution in [-0.4, -0.2) is 18.1 Å². The molecule has 2 atom stereocenters. The summed E-state index contributed by atoms with van der Waals surface area (Å²) in [6.45, 7) is 2.26. The van der Waals surface area contributed by atoms with Gasteiger partial charge in [-0.2, -0.15) is 0 Å². The van der Waals surface area contributed by atoms with E-state index in [1.54, 1.807) is 0 Å². The molecule has 0 saturated heterocycles. The Kier molecular flexibility index (Phi) is 3.49. The number of carbonyl (C=O) groups is 1. The second-order valence-electron chi connectivity index (χ2n) is 5.11. The summed E-state index contributed by atoms with van der Waals surface area (Å²) in [4.78, 5) is 11.6. The van der Waals surface area contributed by atoms with Crippen LogP contribution in [0.25, 0.3) is 0 Å². The summed E-state index contributed by atoms with van der Waals surface area (Å²) in [5.74, 6) is 0.637. The molecule has 2 aliphatic carbocycles. The molecule has 0 heterocycles. The van der Waals surface area contributed by atoms with Gasteiger partial charge in [0, 0.05) is 12.1 Å². The van der Waals surface area contributed by atoms with Crippen LogP contribution in [0.4, 0.5) is 4.79 Å². The minimum Gasteiger partial charge on any atom is -0.335 e. The van der Waals surface area contributed by atoms with E-state index in [2.05, 4.69) is 17.6 Å². The molecule has 0 aliphatic heterocycles. The van der Waals surface area contributed by atoms with Crippen molar-refractivity contribution in [2.24, 2.45) is 5.92 Å². The van der Waals surface area contributed by atoms with E-state index in [0.717, 1.165) is 19.3 Å². The lowest BCUT2D eigenvalue weighted by molar-refractivity contribution is 0.230. The Labute approximate surface area is 92.0 Å². The predicted octanol–water partition coefficient (Wildman–Crippen LogP) is 2.42. The van der Waals surface area contributed by atoms with Crippen molar-refractivity contribution < 1.29 is 4.79 Å². The number of hydrogen-bond acceptors (Lipinski definition) is 1.